The number of nitrogens with zero attached hydrogens (tertiary/aromatic N) is 2. The van der Waals surface area contributed by atoms with Crippen LogP contribution in [0.5, 0.6) is 5.88 Å². The molecule has 1 aliphatic carbocycles. The highest BCUT2D eigenvalue weighted by Gasteiger charge is 2.41. The maximum Gasteiger partial charge on any atom is 0.236 e. The summed E-state index contributed by atoms with van der Waals surface area (Å²) in [6.07, 6.45) is 5.90. The first-order valence-electron chi connectivity index (χ1n) is 7.16. The van der Waals surface area contributed by atoms with E-state index < -0.39 is 0 Å². The SMILES string of the molecule is CCc1ncnc(OC2CCC3(CC2)OCCO3)c1Cl. The van der Waals surface area contributed by atoms with Crippen molar-refractivity contribution in [2.24, 2.45) is 0 Å². The van der Waals surface area contributed by atoms with Crippen LogP contribution in [0.25, 0.3) is 0 Å². The quantitative estimate of drug-likeness (QED) is 0.859. The molecule has 0 amide bonds. The molecule has 1 spiro atoms. The van der Waals surface area contributed by atoms with E-state index in [0.717, 1.165) is 37.8 Å². The lowest BCUT2D eigenvalue weighted by molar-refractivity contribution is -0.186. The van der Waals surface area contributed by atoms with Gasteiger partial charge in [-0.15, -0.1) is 0 Å². The molecule has 110 valence electrons. The molecule has 2 heterocycles. The van der Waals surface area contributed by atoms with Crippen LogP contribution >= 0.6 is 11.6 Å². The van der Waals surface area contributed by atoms with Crippen LogP contribution < -0.4 is 4.74 Å². The Hall–Kier alpha value is -0.910. The van der Waals surface area contributed by atoms with Crippen LogP contribution in [0, 0.1) is 0 Å². The normalized spacial score (nSPS) is 22.3. The smallest absolute Gasteiger partial charge is 0.236 e. The van der Waals surface area contributed by atoms with Gasteiger partial charge in [-0.25, -0.2) is 9.97 Å². The lowest BCUT2D eigenvalue weighted by Crippen LogP contribution is -2.38. The molecule has 1 saturated carbocycles. The lowest BCUT2D eigenvalue weighted by Gasteiger charge is -2.35. The third-order valence-corrected chi connectivity index (χ3v) is 4.33. The molecule has 0 N–H and O–H groups in total. The van der Waals surface area contributed by atoms with Crippen molar-refractivity contribution in [2.75, 3.05) is 13.2 Å². The predicted molar refractivity (Wildman–Crippen MR) is 73.9 cm³/mol. The largest absolute Gasteiger partial charge is 0.473 e. The second kappa shape index (κ2) is 5.84. The molecule has 1 aromatic rings. The molecule has 5 nitrogen and oxygen atoms in total. The number of aryl methyl sites for hydroxylation is 1. The zero-order valence-electron chi connectivity index (χ0n) is 11.6. The second-order valence-electron chi connectivity index (χ2n) is 5.22. The molecule has 1 saturated heterocycles. The van der Waals surface area contributed by atoms with Gasteiger partial charge in [0.25, 0.3) is 0 Å². The summed E-state index contributed by atoms with van der Waals surface area (Å²) in [4.78, 5) is 8.29. The summed E-state index contributed by atoms with van der Waals surface area (Å²) in [6.45, 7) is 3.41. The van der Waals surface area contributed by atoms with Gasteiger partial charge >= 0.3 is 0 Å². The van der Waals surface area contributed by atoms with Crippen molar-refractivity contribution in [3.05, 3.63) is 17.0 Å². The Morgan fingerprint density at radius 2 is 2.00 bits per heavy atom. The third kappa shape index (κ3) is 2.75. The summed E-state index contributed by atoms with van der Waals surface area (Å²) < 4.78 is 17.4. The zero-order chi connectivity index (χ0) is 14.0. The van der Waals surface area contributed by atoms with E-state index in [4.69, 9.17) is 25.8 Å². The number of hydrogen-bond donors (Lipinski definition) is 0. The van der Waals surface area contributed by atoms with Crippen molar-refractivity contribution in [1.82, 2.24) is 9.97 Å². The van der Waals surface area contributed by atoms with Crippen molar-refractivity contribution in [3.8, 4) is 5.88 Å². The van der Waals surface area contributed by atoms with Gasteiger partial charge in [0.05, 0.1) is 18.9 Å². The first-order chi connectivity index (χ1) is 9.72. The van der Waals surface area contributed by atoms with Gasteiger partial charge in [-0.05, 0) is 19.3 Å². The minimum Gasteiger partial charge on any atom is -0.473 e. The van der Waals surface area contributed by atoms with Crippen molar-refractivity contribution in [2.45, 2.75) is 50.9 Å². The van der Waals surface area contributed by atoms with Crippen LogP contribution in [0.4, 0.5) is 0 Å². The standard InChI is InChI=1S/C14H19ClN2O3/c1-2-11-12(15)13(17-9-16-11)20-10-3-5-14(6-4-10)18-7-8-19-14/h9-10H,2-8H2,1H3. The van der Waals surface area contributed by atoms with Crippen LogP contribution in [0.15, 0.2) is 6.33 Å². The number of halogens is 1. The molecule has 2 fully saturated rings. The molecule has 0 unspecified atom stereocenters. The van der Waals surface area contributed by atoms with Crippen molar-refractivity contribution in [1.29, 1.82) is 0 Å². The Balaban J connectivity index is 1.62. The molecule has 0 aromatic carbocycles. The average Bonchev–Trinajstić information content (AvgIpc) is 2.92. The van der Waals surface area contributed by atoms with Gasteiger partial charge in [0.2, 0.25) is 5.88 Å². The number of hydrogen-bond acceptors (Lipinski definition) is 5. The van der Waals surface area contributed by atoms with Crippen LogP contribution in [0.1, 0.15) is 38.3 Å². The maximum absolute atomic E-state index is 6.25. The molecule has 0 radical (unpaired) electrons. The van der Waals surface area contributed by atoms with E-state index in [2.05, 4.69) is 9.97 Å². The second-order valence-corrected chi connectivity index (χ2v) is 5.60. The Bertz CT molecular complexity index is 467. The predicted octanol–water partition coefficient (Wildman–Crippen LogP) is 2.76. The van der Waals surface area contributed by atoms with Crippen molar-refractivity contribution >= 4 is 11.6 Å². The summed E-state index contributed by atoms with van der Waals surface area (Å²) in [5, 5.41) is 0.531. The van der Waals surface area contributed by atoms with Crippen molar-refractivity contribution < 1.29 is 14.2 Å². The number of ether oxygens (including phenoxy) is 3. The summed E-state index contributed by atoms with van der Waals surface area (Å²) in [7, 11) is 0. The number of aromatic nitrogens is 2. The van der Waals surface area contributed by atoms with E-state index in [0.29, 0.717) is 24.1 Å². The van der Waals surface area contributed by atoms with Gasteiger partial charge < -0.3 is 14.2 Å². The third-order valence-electron chi connectivity index (χ3n) is 3.95. The fourth-order valence-electron chi connectivity index (χ4n) is 2.81. The van der Waals surface area contributed by atoms with Gasteiger partial charge in [-0.2, -0.15) is 0 Å². The summed E-state index contributed by atoms with van der Waals surface area (Å²) in [5.41, 5.74) is 0.825. The molecule has 1 aliphatic heterocycles. The topological polar surface area (TPSA) is 53.5 Å². The van der Waals surface area contributed by atoms with Crippen LogP contribution in [-0.2, 0) is 15.9 Å². The molecular weight excluding hydrogens is 280 g/mol. The Morgan fingerprint density at radius 1 is 1.30 bits per heavy atom. The van der Waals surface area contributed by atoms with Gasteiger partial charge in [-0.3, -0.25) is 0 Å². The van der Waals surface area contributed by atoms with Gasteiger partial charge in [0, 0.05) is 12.8 Å². The molecule has 20 heavy (non-hydrogen) atoms. The minimum absolute atomic E-state index is 0.116. The van der Waals surface area contributed by atoms with E-state index in [9.17, 15) is 0 Å². The zero-order valence-corrected chi connectivity index (χ0v) is 12.4. The molecule has 6 heteroatoms. The molecule has 2 aliphatic rings. The first kappa shape index (κ1) is 14.0. The molecule has 1 aromatic heterocycles. The summed E-state index contributed by atoms with van der Waals surface area (Å²) in [5.74, 6) is 0.136. The van der Waals surface area contributed by atoms with Crippen LogP contribution in [-0.4, -0.2) is 35.1 Å². The van der Waals surface area contributed by atoms with Gasteiger partial charge in [0.1, 0.15) is 17.5 Å². The Morgan fingerprint density at radius 3 is 2.65 bits per heavy atom. The highest BCUT2D eigenvalue weighted by Crippen LogP contribution is 2.37. The fourth-order valence-corrected chi connectivity index (χ4v) is 3.08. The fraction of sp³-hybridized carbons (Fsp3) is 0.714. The van der Waals surface area contributed by atoms with E-state index in [-0.39, 0.29) is 11.9 Å². The average molecular weight is 299 g/mol. The van der Waals surface area contributed by atoms with Crippen LogP contribution in [0.3, 0.4) is 0 Å². The van der Waals surface area contributed by atoms with Gasteiger partial charge in [0.15, 0.2) is 5.79 Å². The molecule has 0 bridgehead atoms. The molecular formula is C14H19ClN2O3. The van der Waals surface area contributed by atoms with E-state index in [1.807, 2.05) is 6.92 Å². The maximum atomic E-state index is 6.25. The monoisotopic (exact) mass is 298 g/mol. The van der Waals surface area contributed by atoms with E-state index in [1.165, 1.54) is 6.33 Å². The first-order valence-corrected chi connectivity index (χ1v) is 7.54. The Kier molecular flexibility index (Phi) is 4.10. The van der Waals surface area contributed by atoms with Crippen LogP contribution in [0.2, 0.25) is 5.02 Å². The van der Waals surface area contributed by atoms with E-state index >= 15 is 0 Å². The highest BCUT2D eigenvalue weighted by molar-refractivity contribution is 6.32. The highest BCUT2D eigenvalue weighted by atomic mass is 35.5. The Labute approximate surface area is 123 Å². The molecule has 3 rings (SSSR count). The lowest BCUT2D eigenvalue weighted by atomic mass is 9.92. The number of rotatable bonds is 3. The summed E-state index contributed by atoms with van der Waals surface area (Å²) >= 11 is 6.25. The molecule has 0 atom stereocenters. The van der Waals surface area contributed by atoms with E-state index in [1.54, 1.807) is 0 Å². The summed E-state index contributed by atoms with van der Waals surface area (Å²) in [6, 6.07) is 0. The minimum atomic E-state index is -0.357. The van der Waals surface area contributed by atoms with Gasteiger partial charge in [-0.1, -0.05) is 18.5 Å². The van der Waals surface area contributed by atoms with Crippen molar-refractivity contribution in [3.63, 3.8) is 0 Å².